The van der Waals surface area contributed by atoms with Gasteiger partial charge in [-0.2, -0.15) is 0 Å². The van der Waals surface area contributed by atoms with Gasteiger partial charge in [0.2, 0.25) is 5.91 Å². The fraction of sp³-hybridized carbons (Fsp3) is 0.462. The van der Waals surface area contributed by atoms with Crippen molar-refractivity contribution in [2.45, 2.75) is 25.8 Å². The molecule has 0 radical (unpaired) electrons. The van der Waals surface area contributed by atoms with E-state index in [9.17, 15) is 4.79 Å². The molecule has 92 valence electrons. The Balaban J connectivity index is 2.33. The van der Waals surface area contributed by atoms with Crippen molar-refractivity contribution in [2.75, 3.05) is 18.5 Å². The maximum absolute atomic E-state index is 12.3. The van der Waals surface area contributed by atoms with E-state index >= 15 is 0 Å². The number of carbonyl (C=O) groups is 1. The van der Waals surface area contributed by atoms with Crippen molar-refractivity contribution in [2.24, 2.45) is 0 Å². The molecule has 1 atom stereocenters. The third-order valence-corrected chi connectivity index (χ3v) is 4.28. The smallest absolute Gasteiger partial charge is 0.244 e. The largest absolute Gasteiger partial charge is 0.310 e. The minimum Gasteiger partial charge on any atom is -0.310 e. The molecule has 0 spiro atoms. The van der Waals surface area contributed by atoms with E-state index < -0.39 is 0 Å². The number of nitrogens with one attached hydrogen (secondary N) is 1. The zero-order valence-corrected chi connectivity index (χ0v) is 11.8. The lowest BCUT2D eigenvalue weighted by atomic mass is 10.0. The number of hydrogen-bond donors (Lipinski definition) is 1. The SMILES string of the molecule is CNC1CCCN(c2cccc(C)c2Br)C1=O. The number of anilines is 1. The Morgan fingerprint density at radius 1 is 1.47 bits per heavy atom. The molecule has 3 nitrogen and oxygen atoms in total. The van der Waals surface area contributed by atoms with Crippen LogP contribution in [0.5, 0.6) is 0 Å². The molecule has 1 unspecified atom stereocenters. The number of carbonyl (C=O) groups excluding carboxylic acids is 1. The topological polar surface area (TPSA) is 32.3 Å². The van der Waals surface area contributed by atoms with Crippen LogP contribution in [-0.2, 0) is 4.79 Å². The lowest BCUT2D eigenvalue weighted by Gasteiger charge is -2.33. The van der Waals surface area contributed by atoms with Gasteiger partial charge in [0.15, 0.2) is 0 Å². The highest BCUT2D eigenvalue weighted by molar-refractivity contribution is 9.10. The van der Waals surface area contributed by atoms with Gasteiger partial charge in [-0.25, -0.2) is 0 Å². The maximum Gasteiger partial charge on any atom is 0.244 e. The van der Waals surface area contributed by atoms with Gasteiger partial charge in [0.1, 0.15) is 0 Å². The van der Waals surface area contributed by atoms with E-state index in [2.05, 4.69) is 21.2 Å². The number of nitrogens with zero attached hydrogens (tertiary/aromatic N) is 1. The summed E-state index contributed by atoms with van der Waals surface area (Å²) in [6.07, 6.45) is 1.97. The lowest BCUT2D eigenvalue weighted by molar-refractivity contribution is -0.121. The van der Waals surface area contributed by atoms with Crippen LogP contribution in [0.3, 0.4) is 0 Å². The van der Waals surface area contributed by atoms with Crippen molar-refractivity contribution in [3.63, 3.8) is 0 Å². The summed E-state index contributed by atoms with van der Waals surface area (Å²) in [5.74, 6) is 0.171. The first-order valence-electron chi connectivity index (χ1n) is 5.89. The van der Waals surface area contributed by atoms with E-state index in [4.69, 9.17) is 0 Å². The molecule has 0 aliphatic carbocycles. The summed E-state index contributed by atoms with van der Waals surface area (Å²) in [5, 5.41) is 3.08. The third kappa shape index (κ3) is 2.38. The minimum atomic E-state index is -0.0452. The van der Waals surface area contributed by atoms with E-state index in [1.54, 1.807) is 0 Å². The normalized spacial score (nSPS) is 20.8. The highest BCUT2D eigenvalue weighted by Crippen LogP contribution is 2.31. The van der Waals surface area contributed by atoms with Crippen molar-refractivity contribution < 1.29 is 4.79 Å². The highest BCUT2D eigenvalue weighted by Gasteiger charge is 2.29. The number of amides is 1. The number of likely N-dealkylation sites (N-methyl/N-ethyl adjacent to an activating group) is 1. The van der Waals surface area contributed by atoms with E-state index in [-0.39, 0.29) is 11.9 Å². The van der Waals surface area contributed by atoms with Crippen LogP contribution in [-0.4, -0.2) is 25.5 Å². The first kappa shape index (κ1) is 12.6. The number of rotatable bonds is 2. The van der Waals surface area contributed by atoms with E-state index in [1.807, 2.05) is 37.1 Å². The molecule has 17 heavy (non-hydrogen) atoms. The van der Waals surface area contributed by atoms with Crippen LogP contribution in [0.15, 0.2) is 22.7 Å². The number of piperidine rings is 1. The first-order valence-corrected chi connectivity index (χ1v) is 6.68. The van der Waals surface area contributed by atoms with Gasteiger partial charge in [-0.15, -0.1) is 0 Å². The van der Waals surface area contributed by atoms with Gasteiger partial charge >= 0.3 is 0 Å². The third-order valence-electron chi connectivity index (χ3n) is 3.25. The first-order chi connectivity index (χ1) is 8.15. The summed E-state index contributed by atoms with van der Waals surface area (Å²) in [7, 11) is 1.84. The van der Waals surface area contributed by atoms with Crippen molar-refractivity contribution in [3.05, 3.63) is 28.2 Å². The molecule has 1 aliphatic rings. The van der Waals surface area contributed by atoms with Gasteiger partial charge in [-0.3, -0.25) is 4.79 Å². The Hall–Kier alpha value is -0.870. The van der Waals surface area contributed by atoms with Crippen LogP contribution in [0.1, 0.15) is 18.4 Å². The number of benzene rings is 1. The Kier molecular flexibility index (Phi) is 3.84. The monoisotopic (exact) mass is 296 g/mol. The second kappa shape index (κ2) is 5.19. The number of halogens is 1. The summed E-state index contributed by atoms with van der Waals surface area (Å²) in [6.45, 7) is 2.84. The fourth-order valence-electron chi connectivity index (χ4n) is 2.22. The van der Waals surface area contributed by atoms with E-state index in [0.29, 0.717) is 0 Å². The predicted molar refractivity (Wildman–Crippen MR) is 73.3 cm³/mol. The van der Waals surface area contributed by atoms with Crippen LogP contribution >= 0.6 is 15.9 Å². The summed E-state index contributed by atoms with van der Waals surface area (Å²) in [5.41, 5.74) is 2.14. The van der Waals surface area contributed by atoms with Gasteiger partial charge < -0.3 is 10.2 Å². The Labute approximate surface area is 110 Å². The molecule has 0 saturated carbocycles. The molecule has 1 aromatic carbocycles. The summed E-state index contributed by atoms with van der Waals surface area (Å²) >= 11 is 3.57. The predicted octanol–water partition coefficient (Wildman–Crippen LogP) is 2.47. The molecule has 1 aliphatic heterocycles. The molecule has 1 aromatic rings. The molecule has 1 amide bonds. The molecule has 1 heterocycles. The van der Waals surface area contributed by atoms with E-state index in [1.165, 1.54) is 0 Å². The number of hydrogen-bond acceptors (Lipinski definition) is 2. The van der Waals surface area contributed by atoms with E-state index in [0.717, 1.165) is 35.1 Å². The van der Waals surface area contributed by atoms with Crippen molar-refractivity contribution in [1.82, 2.24) is 5.32 Å². The second-order valence-electron chi connectivity index (χ2n) is 4.38. The second-order valence-corrected chi connectivity index (χ2v) is 5.17. The van der Waals surface area contributed by atoms with Gasteiger partial charge in [-0.1, -0.05) is 12.1 Å². The molecular weight excluding hydrogens is 280 g/mol. The maximum atomic E-state index is 12.3. The van der Waals surface area contributed by atoms with Crippen LogP contribution in [0.25, 0.3) is 0 Å². The molecule has 2 rings (SSSR count). The number of aryl methyl sites for hydroxylation is 1. The fourth-order valence-corrected chi connectivity index (χ4v) is 2.70. The van der Waals surface area contributed by atoms with Crippen molar-refractivity contribution in [3.8, 4) is 0 Å². The Morgan fingerprint density at radius 3 is 2.94 bits per heavy atom. The molecule has 4 heteroatoms. The van der Waals surface area contributed by atoms with Crippen LogP contribution < -0.4 is 10.2 Å². The zero-order valence-electron chi connectivity index (χ0n) is 10.2. The standard InChI is InChI=1S/C13H17BrN2O/c1-9-5-3-7-11(12(9)14)16-8-4-6-10(15-2)13(16)17/h3,5,7,10,15H,4,6,8H2,1-2H3. The van der Waals surface area contributed by atoms with Gasteiger partial charge in [0, 0.05) is 11.0 Å². The summed E-state index contributed by atoms with van der Waals surface area (Å²) in [6, 6.07) is 5.98. The molecule has 0 aromatic heterocycles. The molecular formula is C13H17BrN2O. The van der Waals surface area contributed by atoms with Gasteiger partial charge in [-0.05, 0) is 54.4 Å². The van der Waals surface area contributed by atoms with Crippen molar-refractivity contribution >= 4 is 27.5 Å². The van der Waals surface area contributed by atoms with Crippen LogP contribution in [0, 0.1) is 6.92 Å². The minimum absolute atomic E-state index is 0.0452. The highest BCUT2D eigenvalue weighted by atomic mass is 79.9. The zero-order chi connectivity index (χ0) is 12.4. The lowest BCUT2D eigenvalue weighted by Crippen LogP contribution is -2.49. The van der Waals surface area contributed by atoms with Crippen molar-refractivity contribution in [1.29, 1.82) is 0 Å². The Bertz CT molecular complexity index is 433. The van der Waals surface area contributed by atoms with Crippen LogP contribution in [0.4, 0.5) is 5.69 Å². The average molecular weight is 297 g/mol. The Morgan fingerprint density at radius 2 is 2.24 bits per heavy atom. The van der Waals surface area contributed by atoms with Gasteiger partial charge in [0.25, 0.3) is 0 Å². The average Bonchev–Trinajstić information content (AvgIpc) is 2.33. The van der Waals surface area contributed by atoms with Gasteiger partial charge in [0.05, 0.1) is 11.7 Å². The molecule has 0 bridgehead atoms. The summed E-state index contributed by atoms with van der Waals surface area (Å²) in [4.78, 5) is 14.1. The molecule has 1 N–H and O–H groups in total. The molecule has 1 fully saturated rings. The summed E-state index contributed by atoms with van der Waals surface area (Å²) < 4.78 is 1.02. The quantitative estimate of drug-likeness (QED) is 0.909. The molecule has 1 saturated heterocycles. The van der Waals surface area contributed by atoms with Crippen LogP contribution in [0.2, 0.25) is 0 Å².